The van der Waals surface area contributed by atoms with Crippen LogP contribution in [0.1, 0.15) is 0 Å². The van der Waals surface area contributed by atoms with Gasteiger partial charge in [0.1, 0.15) is 17.3 Å². The minimum atomic E-state index is -4.07. The molecule has 2 aromatic heterocycles. The summed E-state index contributed by atoms with van der Waals surface area (Å²) in [6.45, 7) is 0. The zero-order valence-electron chi connectivity index (χ0n) is 14.6. The fourth-order valence-electron chi connectivity index (χ4n) is 2.49. The van der Waals surface area contributed by atoms with Gasteiger partial charge in [0, 0.05) is 17.8 Å². The second-order valence-electron chi connectivity index (χ2n) is 5.89. The molecule has 0 saturated heterocycles. The Morgan fingerprint density at radius 3 is 2.45 bits per heavy atom. The van der Waals surface area contributed by atoms with Crippen LogP contribution in [-0.2, 0) is 10.0 Å². The van der Waals surface area contributed by atoms with Crippen LogP contribution in [-0.4, -0.2) is 23.5 Å². The summed E-state index contributed by atoms with van der Waals surface area (Å²) in [6.07, 6.45) is 1.59. The SMILES string of the molecule is O=S(=O)(Nc1ccc(F)cc1F)c1ccc(-c2noc(-c3ccccn3)n2)cc1. The number of hydrogen-bond donors (Lipinski definition) is 1. The molecule has 2 heterocycles. The lowest BCUT2D eigenvalue weighted by molar-refractivity contribution is 0.431. The number of nitrogens with one attached hydrogen (secondary N) is 1. The van der Waals surface area contributed by atoms with Gasteiger partial charge in [-0.15, -0.1) is 0 Å². The van der Waals surface area contributed by atoms with E-state index in [9.17, 15) is 17.2 Å². The number of sulfonamides is 1. The van der Waals surface area contributed by atoms with E-state index in [0.29, 0.717) is 17.3 Å². The molecule has 0 spiro atoms. The van der Waals surface area contributed by atoms with E-state index in [2.05, 4.69) is 19.8 Å². The molecule has 0 aliphatic heterocycles. The average Bonchev–Trinajstić information content (AvgIpc) is 3.21. The van der Waals surface area contributed by atoms with Crippen LogP contribution in [0.25, 0.3) is 23.0 Å². The van der Waals surface area contributed by atoms with E-state index in [1.54, 1.807) is 24.4 Å². The van der Waals surface area contributed by atoms with Crippen LogP contribution in [0.4, 0.5) is 14.5 Å². The molecule has 0 atom stereocenters. The molecule has 10 heteroatoms. The molecule has 1 N–H and O–H groups in total. The summed E-state index contributed by atoms with van der Waals surface area (Å²) in [7, 11) is -4.07. The van der Waals surface area contributed by atoms with Gasteiger partial charge >= 0.3 is 0 Å². The molecule has 0 amide bonds. The van der Waals surface area contributed by atoms with Gasteiger partial charge in [0.2, 0.25) is 5.82 Å². The maximum Gasteiger partial charge on any atom is 0.276 e. The smallest absolute Gasteiger partial charge is 0.276 e. The predicted molar refractivity (Wildman–Crippen MR) is 100 cm³/mol. The van der Waals surface area contributed by atoms with Crippen molar-refractivity contribution in [3.05, 3.63) is 78.5 Å². The first-order valence-corrected chi connectivity index (χ1v) is 9.74. The molecule has 0 fully saturated rings. The number of halogens is 2. The minimum absolute atomic E-state index is 0.113. The van der Waals surface area contributed by atoms with Crippen molar-refractivity contribution in [3.8, 4) is 23.0 Å². The summed E-state index contributed by atoms with van der Waals surface area (Å²) in [4.78, 5) is 8.24. The van der Waals surface area contributed by atoms with Crippen molar-refractivity contribution >= 4 is 15.7 Å². The summed E-state index contributed by atoms with van der Waals surface area (Å²) >= 11 is 0. The molecular formula is C19H12F2N4O3S. The summed E-state index contributed by atoms with van der Waals surface area (Å²) in [5.41, 5.74) is 0.674. The second-order valence-corrected chi connectivity index (χ2v) is 7.57. The summed E-state index contributed by atoms with van der Waals surface area (Å²) in [5, 5.41) is 3.87. The molecular weight excluding hydrogens is 402 g/mol. The largest absolute Gasteiger partial charge is 0.332 e. The summed E-state index contributed by atoms with van der Waals surface area (Å²) in [5.74, 6) is -1.34. The minimum Gasteiger partial charge on any atom is -0.332 e. The van der Waals surface area contributed by atoms with Crippen molar-refractivity contribution in [1.82, 2.24) is 15.1 Å². The van der Waals surface area contributed by atoms with Crippen molar-refractivity contribution in [1.29, 1.82) is 0 Å². The highest BCUT2D eigenvalue weighted by Gasteiger charge is 2.18. The Bertz CT molecular complexity index is 1260. The molecule has 0 bridgehead atoms. The van der Waals surface area contributed by atoms with Gasteiger partial charge in [-0.1, -0.05) is 11.2 Å². The molecule has 4 aromatic rings. The van der Waals surface area contributed by atoms with Gasteiger partial charge in [-0.3, -0.25) is 9.71 Å². The van der Waals surface area contributed by atoms with Crippen LogP contribution in [0.3, 0.4) is 0 Å². The Morgan fingerprint density at radius 1 is 0.966 bits per heavy atom. The maximum absolute atomic E-state index is 13.7. The van der Waals surface area contributed by atoms with Crippen LogP contribution in [0.5, 0.6) is 0 Å². The quantitative estimate of drug-likeness (QED) is 0.532. The molecule has 0 aliphatic rings. The topological polar surface area (TPSA) is 98.0 Å². The lowest BCUT2D eigenvalue weighted by Crippen LogP contribution is -2.14. The number of anilines is 1. The zero-order chi connectivity index (χ0) is 20.4. The third-order valence-electron chi connectivity index (χ3n) is 3.91. The third kappa shape index (κ3) is 3.97. The van der Waals surface area contributed by atoms with Gasteiger partial charge in [-0.25, -0.2) is 17.2 Å². The Balaban J connectivity index is 1.57. The molecule has 0 radical (unpaired) electrons. The molecule has 29 heavy (non-hydrogen) atoms. The van der Waals surface area contributed by atoms with Gasteiger partial charge in [0.05, 0.1) is 10.6 Å². The van der Waals surface area contributed by atoms with Gasteiger partial charge in [-0.05, 0) is 48.5 Å². The lowest BCUT2D eigenvalue weighted by Gasteiger charge is -2.09. The Morgan fingerprint density at radius 2 is 1.76 bits per heavy atom. The first-order chi connectivity index (χ1) is 13.9. The number of aromatic nitrogens is 3. The van der Waals surface area contributed by atoms with Crippen LogP contribution in [0.2, 0.25) is 0 Å². The highest BCUT2D eigenvalue weighted by molar-refractivity contribution is 7.92. The Labute approximate surface area is 164 Å². The molecule has 2 aromatic carbocycles. The van der Waals surface area contributed by atoms with E-state index in [-0.39, 0.29) is 22.3 Å². The van der Waals surface area contributed by atoms with E-state index < -0.39 is 21.7 Å². The monoisotopic (exact) mass is 414 g/mol. The van der Waals surface area contributed by atoms with Crippen molar-refractivity contribution in [2.45, 2.75) is 4.90 Å². The van der Waals surface area contributed by atoms with Crippen LogP contribution < -0.4 is 4.72 Å². The van der Waals surface area contributed by atoms with Crippen LogP contribution in [0.15, 0.2) is 76.3 Å². The van der Waals surface area contributed by atoms with Crippen molar-refractivity contribution < 1.29 is 21.7 Å². The standard InChI is InChI=1S/C19H12F2N4O3S/c20-13-6-9-16(15(21)11-13)25-29(26,27)14-7-4-12(5-8-14)18-23-19(28-24-18)17-3-1-2-10-22-17/h1-11,25H. The number of pyridine rings is 1. The number of benzene rings is 2. The van der Waals surface area contributed by atoms with Gasteiger partial charge in [-0.2, -0.15) is 4.98 Å². The normalized spacial score (nSPS) is 11.4. The van der Waals surface area contributed by atoms with Crippen molar-refractivity contribution in [2.24, 2.45) is 0 Å². The van der Waals surface area contributed by atoms with Gasteiger partial charge in [0.15, 0.2) is 0 Å². The predicted octanol–water partition coefficient (Wildman–Crippen LogP) is 3.88. The molecule has 0 aliphatic carbocycles. The van der Waals surface area contributed by atoms with E-state index in [1.165, 1.54) is 24.3 Å². The third-order valence-corrected chi connectivity index (χ3v) is 5.29. The number of rotatable bonds is 5. The van der Waals surface area contributed by atoms with Crippen molar-refractivity contribution in [3.63, 3.8) is 0 Å². The van der Waals surface area contributed by atoms with Crippen LogP contribution in [0, 0.1) is 11.6 Å². The fourth-order valence-corrected chi connectivity index (χ4v) is 3.56. The van der Waals surface area contributed by atoms with Gasteiger partial charge < -0.3 is 4.52 Å². The molecule has 7 nitrogen and oxygen atoms in total. The second kappa shape index (κ2) is 7.40. The Hall–Kier alpha value is -3.66. The van der Waals surface area contributed by atoms with Crippen LogP contribution >= 0.6 is 0 Å². The molecule has 0 saturated carbocycles. The average molecular weight is 414 g/mol. The van der Waals surface area contributed by atoms with Crippen molar-refractivity contribution in [2.75, 3.05) is 4.72 Å². The van der Waals surface area contributed by atoms with E-state index in [4.69, 9.17) is 4.52 Å². The highest BCUT2D eigenvalue weighted by Crippen LogP contribution is 2.24. The van der Waals surface area contributed by atoms with Gasteiger partial charge in [0.25, 0.3) is 15.9 Å². The Kier molecular flexibility index (Phi) is 4.77. The zero-order valence-corrected chi connectivity index (χ0v) is 15.4. The highest BCUT2D eigenvalue weighted by atomic mass is 32.2. The van der Waals surface area contributed by atoms with E-state index in [0.717, 1.165) is 12.1 Å². The molecule has 146 valence electrons. The van der Waals surface area contributed by atoms with E-state index >= 15 is 0 Å². The first kappa shape index (κ1) is 18.7. The number of nitrogens with zero attached hydrogens (tertiary/aromatic N) is 3. The fraction of sp³-hybridized carbons (Fsp3) is 0. The summed E-state index contributed by atoms with van der Waals surface area (Å²) in [6, 6.07) is 13.4. The molecule has 0 unspecified atom stereocenters. The van der Waals surface area contributed by atoms with E-state index in [1.807, 2.05) is 0 Å². The lowest BCUT2D eigenvalue weighted by atomic mass is 10.2. The summed E-state index contributed by atoms with van der Waals surface area (Å²) < 4.78 is 58.9. The maximum atomic E-state index is 13.7. The molecule has 4 rings (SSSR count). The number of hydrogen-bond acceptors (Lipinski definition) is 6. The first-order valence-electron chi connectivity index (χ1n) is 8.26.